The molecule has 1 atom stereocenters. The van der Waals surface area contributed by atoms with Crippen molar-refractivity contribution >= 4 is 40.5 Å². The van der Waals surface area contributed by atoms with Crippen LogP contribution in [-0.2, 0) is 6.54 Å². The van der Waals surface area contributed by atoms with Crippen LogP contribution in [0.1, 0.15) is 17.2 Å². The molecule has 2 nitrogen and oxygen atoms in total. The Labute approximate surface area is 189 Å². The largest absolute Gasteiger partial charge is 0.361 e. The van der Waals surface area contributed by atoms with Crippen LogP contribution in [0.15, 0.2) is 60.7 Å². The number of piperazine rings is 1. The van der Waals surface area contributed by atoms with E-state index in [4.69, 9.17) is 34.8 Å². The van der Waals surface area contributed by atoms with Crippen LogP contribution in [0.25, 0.3) is 0 Å². The lowest BCUT2D eigenvalue weighted by atomic mass is 10.0. The smallest absolute Gasteiger partial charge is 0.130 e. The lowest BCUT2D eigenvalue weighted by Gasteiger charge is -2.43. The zero-order valence-corrected chi connectivity index (χ0v) is 18.2. The van der Waals surface area contributed by atoms with Gasteiger partial charge in [0.15, 0.2) is 0 Å². The monoisotopic (exact) mass is 466 g/mol. The fraction of sp³-hybridized carbons (Fsp3) is 0.217. The molecular formula is C23H19Cl3F2N2. The second-order valence-electron chi connectivity index (χ2n) is 7.29. The number of nitrogens with zero attached hydrogens (tertiary/aromatic N) is 2. The molecule has 156 valence electrons. The van der Waals surface area contributed by atoms with Gasteiger partial charge < -0.3 is 4.90 Å². The van der Waals surface area contributed by atoms with Crippen molar-refractivity contribution in [2.24, 2.45) is 0 Å². The van der Waals surface area contributed by atoms with Gasteiger partial charge in [-0.05, 0) is 48.0 Å². The van der Waals surface area contributed by atoms with Crippen LogP contribution in [0.5, 0.6) is 0 Å². The minimum absolute atomic E-state index is 0.0653. The van der Waals surface area contributed by atoms with Crippen molar-refractivity contribution in [3.63, 3.8) is 0 Å². The van der Waals surface area contributed by atoms with Crippen LogP contribution in [0.3, 0.4) is 0 Å². The van der Waals surface area contributed by atoms with Crippen molar-refractivity contribution in [1.82, 2.24) is 4.90 Å². The highest BCUT2D eigenvalue weighted by molar-refractivity contribution is 6.36. The van der Waals surface area contributed by atoms with E-state index < -0.39 is 11.6 Å². The molecule has 1 fully saturated rings. The zero-order valence-electron chi connectivity index (χ0n) is 16.0. The predicted octanol–water partition coefficient (Wildman–Crippen LogP) is 6.99. The summed E-state index contributed by atoms with van der Waals surface area (Å²) in [6.45, 7) is 2.06. The second-order valence-corrected chi connectivity index (χ2v) is 8.57. The third kappa shape index (κ3) is 4.57. The summed E-state index contributed by atoms with van der Waals surface area (Å²) in [5.41, 5.74) is 2.01. The quantitative estimate of drug-likeness (QED) is 0.408. The topological polar surface area (TPSA) is 6.48 Å². The number of halogens is 5. The van der Waals surface area contributed by atoms with Crippen LogP contribution in [0.4, 0.5) is 14.5 Å². The van der Waals surface area contributed by atoms with E-state index >= 15 is 0 Å². The molecule has 0 bridgehead atoms. The summed E-state index contributed by atoms with van der Waals surface area (Å²) in [6, 6.07) is 16.9. The number of hydrogen-bond acceptors (Lipinski definition) is 2. The normalized spacial score (nSPS) is 17.4. The molecule has 30 heavy (non-hydrogen) atoms. The van der Waals surface area contributed by atoms with E-state index in [1.165, 1.54) is 18.2 Å². The molecule has 0 radical (unpaired) electrons. The molecule has 1 unspecified atom stereocenters. The van der Waals surface area contributed by atoms with E-state index in [0.717, 1.165) is 11.3 Å². The fourth-order valence-corrected chi connectivity index (χ4v) is 4.51. The maximum Gasteiger partial charge on any atom is 0.130 e. The Bertz CT molecular complexity index is 1020. The highest BCUT2D eigenvalue weighted by Gasteiger charge is 2.30. The van der Waals surface area contributed by atoms with Crippen LogP contribution < -0.4 is 4.90 Å². The van der Waals surface area contributed by atoms with Gasteiger partial charge in [-0.15, -0.1) is 0 Å². The van der Waals surface area contributed by atoms with Gasteiger partial charge in [0.2, 0.25) is 0 Å². The van der Waals surface area contributed by atoms with Gasteiger partial charge in [0.25, 0.3) is 0 Å². The molecular weight excluding hydrogens is 449 g/mol. The first-order chi connectivity index (χ1) is 14.4. The van der Waals surface area contributed by atoms with Gasteiger partial charge in [-0.2, -0.15) is 0 Å². The third-order valence-electron chi connectivity index (χ3n) is 5.38. The summed E-state index contributed by atoms with van der Waals surface area (Å²) in [5.74, 6) is -1.05. The zero-order chi connectivity index (χ0) is 21.3. The van der Waals surface area contributed by atoms with Crippen molar-refractivity contribution in [3.8, 4) is 0 Å². The Morgan fingerprint density at radius 1 is 0.833 bits per heavy atom. The van der Waals surface area contributed by atoms with Gasteiger partial charge in [-0.25, -0.2) is 8.78 Å². The van der Waals surface area contributed by atoms with E-state index in [0.29, 0.717) is 34.7 Å². The average molecular weight is 468 g/mol. The Morgan fingerprint density at radius 3 is 2.17 bits per heavy atom. The highest BCUT2D eigenvalue weighted by Crippen LogP contribution is 2.37. The molecule has 7 heteroatoms. The van der Waals surface area contributed by atoms with E-state index in [9.17, 15) is 8.78 Å². The van der Waals surface area contributed by atoms with Crippen LogP contribution in [-0.4, -0.2) is 24.5 Å². The first-order valence-electron chi connectivity index (χ1n) is 9.55. The van der Waals surface area contributed by atoms with Crippen LogP contribution in [0, 0.1) is 11.6 Å². The van der Waals surface area contributed by atoms with E-state index in [2.05, 4.69) is 9.80 Å². The van der Waals surface area contributed by atoms with Crippen molar-refractivity contribution in [2.75, 3.05) is 24.5 Å². The summed E-state index contributed by atoms with van der Waals surface area (Å²) in [7, 11) is 0. The van der Waals surface area contributed by atoms with Crippen LogP contribution in [0.2, 0.25) is 15.1 Å². The molecule has 1 aliphatic heterocycles. The summed E-state index contributed by atoms with van der Waals surface area (Å²) in [5, 5.41) is 1.78. The van der Waals surface area contributed by atoms with Gasteiger partial charge in [-0.3, -0.25) is 4.90 Å². The molecule has 1 heterocycles. The average Bonchev–Trinajstić information content (AvgIpc) is 2.72. The van der Waals surface area contributed by atoms with Crippen molar-refractivity contribution < 1.29 is 8.78 Å². The minimum Gasteiger partial charge on any atom is -0.361 e. The number of hydrogen-bond donors (Lipinski definition) is 0. The summed E-state index contributed by atoms with van der Waals surface area (Å²) >= 11 is 18.6. The van der Waals surface area contributed by atoms with E-state index in [1.807, 2.05) is 36.4 Å². The molecule has 3 aromatic rings. The molecule has 1 saturated heterocycles. The maximum absolute atomic E-state index is 14.2. The minimum atomic E-state index is -0.527. The van der Waals surface area contributed by atoms with Gasteiger partial charge in [0.1, 0.15) is 11.6 Å². The predicted molar refractivity (Wildman–Crippen MR) is 120 cm³/mol. The first kappa shape index (κ1) is 21.4. The summed E-state index contributed by atoms with van der Waals surface area (Å²) < 4.78 is 28.4. The van der Waals surface area contributed by atoms with Gasteiger partial charge >= 0.3 is 0 Å². The molecule has 0 aromatic heterocycles. The van der Waals surface area contributed by atoms with E-state index in [-0.39, 0.29) is 18.2 Å². The third-order valence-corrected chi connectivity index (χ3v) is 6.17. The molecule has 0 aliphatic carbocycles. The molecule has 4 rings (SSSR count). The Kier molecular flexibility index (Phi) is 6.49. The number of anilines is 1. The van der Waals surface area contributed by atoms with Crippen molar-refractivity contribution in [2.45, 2.75) is 12.6 Å². The maximum atomic E-state index is 14.2. The van der Waals surface area contributed by atoms with E-state index in [1.54, 1.807) is 6.07 Å². The lowest BCUT2D eigenvalue weighted by Crippen LogP contribution is -2.48. The lowest BCUT2D eigenvalue weighted by molar-refractivity contribution is 0.210. The molecule has 1 aliphatic rings. The van der Waals surface area contributed by atoms with Crippen LogP contribution >= 0.6 is 34.8 Å². The standard InChI is InChI=1S/C23H19Cl3F2N2/c24-16-6-4-15(5-7-16)23-14-29(13-18-20(27)2-1-3-21(18)28)10-11-30(23)22-9-8-17(25)12-19(22)26/h1-9,12,23H,10-11,13-14H2. The summed E-state index contributed by atoms with van der Waals surface area (Å²) in [6.07, 6.45) is 0. The number of rotatable bonds is 4. The first-order valence-corrected chi connectivity index (χ1v) is 10.7. The highest BCUT2D eigenvalue weighted by atomic mass is 35.5. The molecule has 0 N–H and O–H groups in total. The van der Waals surface area contributed by atoms with Crippen molar-refractivity contribution in [1.29, 1.82) is 0 Å². The van der Waals surface area contributed by atoms with Gasteiger partial charge in [0, 0.05) is 41.8 Å². The second kappa shape index (κ2) is 9.11. The summed E-state index contributed by atoms with van der Waals surface area (Å²) in [4.78, 5) is 4.26. The molecule has 3 aromatic carbocycles. The number of benzene rings is 3. The molecule has 0 saturated carbocycles. The molecule has 0 spiro atoms. The fourth-order valence-electron chi connectivity index (χ4n) is 3.86. The SMILES string of the molecule is Fc1cccc(F)c1CN1CCN(c2ccc(Cl)cc2Cl)C(c2ccc(Cl)cc2)C1. The van der Waals surface area contributed by atoms with Gasteiger partial charge in [-0.1, -0.05) is 53.0 Å². The Balaban J connectivity index is 1.65. The van der Waals surface area contributed by atoms with Gasteiger partial charge in [0.05, 0.1) is 16.8 Å². The Hall–Kier alpha value is -1.85. The molecule has 0 amide bonds. The van der Waals surface area contributed by atoms with Crippen molar-refractivity contribution in [3.05, 3.63) is 98.5 Å². The Morgan fingerprint density at radius 2 is 1.50 bits per heavy atom.